The fraction of sp³-hybridized carbons (Fsp3) is 0.600. The highest BCUT2D eigenvalue weighted by Gasteiger charge is 2.26. The second-order valence-electron chi connectivity index (χ2n) is 3.92. The first kappa shape index (κ1) is 11.8. The van der Waals surface area contributed by atoms with Gasteiger partial charge in [0, 0.05) is 19.1 Å². The van der Waals surface area contributed by atoms with Crippen molar-refractivity contribution in [3.8, 4) is 0 Å². The van der Waals surface area contributed by atoms with Gasteiger partial charge >= 0.3 is 0 Å². The van der Waals surface area contributed by atoms with Crippen LogP contribution in [0.1, 0.15) is 12.8 Å². The van der Waals surface area contributed by atoms with Gasteiger partial charge in [-0.1, -0.05) is 0 Å². The van der Waals surface area contributed by atoms with Gasteiger partial charge in [0.05, 0.1) is 6.33 Å². The Kier molecular flexibility index (Phi) is 3.80. The number of nitrogens with one attached hydrogen (secondary N) is 2. The van der Waals surface area contributed by atoms with Gasteiger partial charge in [0.25, 0.3) is 5.56 Å². The van der Waals surface area contributed by atoms with Crippen molar-refractivity contribution in [2.24, 2.45) is 0 Å². The van der Waals surface area contributed by atoms with Gasteiger partial charge in [-0.15, -0.1) is 0 Å². The smallest absolute Gasteiger partial charge is 0.266 e. The quantitative estimate of drug-likeness (QED) is 0.794. The van der Waals surface area contributed by atoms with E-state index in [1.165, 1.54) is 6.33 Å². The second kappa shape index (κ2) is 5.13. The minimum absolute atomic E-state index is 0.0549. The minimum atomic E-state index is -0.0549. The average Bonchev–Trinajstić information content (AvgIpc) is 2.71. The van der Waals surface area contributed by atoms with Gasteiger partial charge in [-0.05, 0) is 42.5 Å². The van der Waals surface area contributed by atoms with Crippen molar-refractivity contribution in [1.82, 2.24) is 15.3 Å². The van der Waals surface area contributed by atoms with Gasteiger partial charge in [-0.25, -0.2) is 4.98 Å². The largest absolute Gasteiger partial charge is 0.351 e. The molecule has 1 unspecified atom stereocenters. The van der Waals surface area contributed by atoms with Gasteiger partial charge in [-0.3, -0.25) is 4.79 Å². The molecular formula is C10H15IN4O. The Morgan fingerprint density at radius 3 is 3.31 bits per heavy atom. The van der Waals surface area contributed by atoms with E-state index in [-0.39, 0.29) is 5.56 Å². The zero-order valence-corrected chi connectivity index (χ0v) is 11.3. The molecule has 1 saturated heterocycles. The Balaban J connectivity index is 2.29. The van der Waals surface area contributed by atoms with Gasteiger partial charge in [0.15, 0.2) is 0 Å². The van der Waals surface area contributed by atoms with Crippen LogP contribution >= 0.6 is 22.6 Å². The van der Waals surface area contributed by atoms with Crippen molar-refractivity contribution in [3.05, 3.63) is 20.3 Å². The first-order valence-electron chi connectivity index (χ1n) is 5.38. The van der Waals surface area contributed by atoms with E-state index in [0.29, 0.717) is 9.61 Å². The lowest BCUT2D eigenvalue weighted by Gasteiger charge is -2.25. The molecule has 0 bridgehead atoms. The average molecular weight is 334 g/mol. The molecule has 1 aromatic heterocycles. The summed E-state index contributed by atoms with van der Waals surface area (Å²) in [4.78, 5) is 20.6. The lowest BCUT2D eigenvalue weighted by Crippen LogP contribution is -2.38. The molecule has 1 aliphatic rings. The van der Waals surface area contributed by atoms with Crippen LogP contribution in [0.25, 0.3) is 0 Å². The molecule has 1 fully saturated rings. The van der Waals surface area contributed by atoms with E-state index < -0.39 is 0 Å². The topological polar surface area (TPSA) is 61.0 Å². The molecule has 2 N–H and O–H groups in total. The monoisotopic (exact) mass is 334 g/mol. The molecule has 16 heavy (non-hydrogen) atoms. The third kappa shape index (κ3) is 2.22. The first-order valence-corrected chi connectivity index (χ1v) is 6.46. The highest BCUT2D eigenvalue weighted by Crippen LogP contribution is 2.25. The van der Waals surface area contributed by atoms with Crippen LogP contribution in [-0.4, -0.2) is 36.1 Å². The van der Waals surface area contributed by atoms with E-state index in [1.807, 2.05) is 7.05 Å². The van der Waals surface area contributed by atoms with Crippen LogP contribution < -0.4 is 15.8 Å². The van der Waals surface area contributed by atoms with Crippen molar-refractivity contribution < 1.29 is 0 Å². The molecule has 2 heterocycles. The SMILES string of the molecule is CNCC1CCCN1c1nc[nH]c(=O)c1I. The third-order valence-corrected chi connectivity index (χ3v) is 3.84. The summed E-state index contributed by atoms with van der Waals surface area (Å²) in [6.07, 6.45) is 3.80. The van der Waals surface area contributed by atoms with E-state index in [2.05, 4.69) is 42.8 Å². The number of aromatic nitrogens is 2. The molecular weight excluding hydrogens is 319 g/mol. The van der Waals surface area contributed by atoms with Crippen LogP contribution in [0.15, 0.2) is 11.1 Å². The number of likely N-dealkylation sites (N-methyl/N-ethyl adjacent to an activating group) is 1. The molecule has 0 spiro atoms. The zero-order valence-electron chi connectivity index (χ0n) is 9.16. The highest BCUT2D eigenvalue weighted by molar-refractivity contribution is 14.1. The van der Waals surface area contributed by atoms with Crippen molar-refractivity contribution >= 4 is 28.4 Å². The number of halogens is 1. The molecule has 88 valence electrons. The van der Waals surface area contributed by atoms with Crippen molar-refractivity contribution in [3.63, 3.8) is 0 Å². The fourth-order valence-corrected chi connectivity index (χ4v) is 2.74. The normalized spacial score (nSPS) is 20.4. The molecule has 0 aromatic carbocycles. The van der Waals surface area contributed by atoms with E-state index in [1.54, 1.807) is 0 Å². The van der Waals surface area contributed by atoms with Crippen LogP contribution in [0, 0.1) is 3.57 Å². The van der Waals surface area contributed by atoms with Crippen LogP contribution in [0.2, 0.25) is 0 Å². The van der Waals surface area contributed by atoms with Gasteiger partial charge in [0.1, 0.15) is 9.39 Å². The maximum atomic E-state index is 11.5. The summed E-state index contributed by atoms with van der Waals surface area (Å²) in [5.41, 5.74) is -0.0549. The van der Waals surface area contributed by atoms with E-state index in [0.717, 1.165) is 31.7 Å². The maximum Gasteiger partial charge on any atom is 0.266 e. The molecule has 1 atom stereocenters. The van der Waals surface area contributed by atoms with E-state index in [4.69, 9.17) is 0 Å². The van der Waals surface area contributed by atoms with Gasteiger partial charge in [0.2, 0.25) is 0 Å². The van der Waals surface area contributed by atoms with Gasteiger partial charge < -0.3 is 15.2 Å². The van der Waals surface area contributed by atoms with Gasteiger partial charge in [-0.2, -0.15) is 0 Å². The Hall–Kier alpha value is -0.630. The predicted octanol–water partition coefficient (Wildman–Crippen LogP) is 0.563. The van der Waals surface area contributed by atoms with Crippen molar-refractivity contribution in [2.75, 3.05) is 25.0 Å². The van der Waals surface area contributed by atoms with E-state index in [9.17, 15) is 4.79 Å². The summed E-state index contributed by atoms with van der Waals surface area (Å²) in [6, 6.07) is 0.452. The fourth-order valence-electron chi connectivity index (χ4n) is 2.14. The summed E-state index contributed by atoms with van der Waals surface area (Å²) < 4.78 is 0.683. The summed E-state index contributed by atoms with van der Waals surface area (Å²) in [7, 11) is 1.95. The lowest BCUT2D eigenvalue weighted by atomic mass is 10.2. The number of H-pyrrole nitrogens is 1. The molecule has 0 amide bonds. The molecule has 0 radical (unpaired) electrons. The number of rotatable bonds is 3. The lowest BCUT2D eigenvalue weighted by molar-refractivity contribution is 0.610. The van der Waals surface area contributed by atoms with Crippen LogP contribution in [0.5, 0.6) is 0 Å². The summed E-state index contributed by atoms with van der Waals surface area (Å²) >= 11 is 2.06. The molecule has 1 aromatic rings. The number of nitrogens with zero attached hydrogens (tertiary/aromatic N) is 2. The molecule has 6 heteroatoms. The van der Waals surface area contributed by atoms with Crippen LogP contribution in [-0.2, 0) is 0 Å². The van der Waals surface area contributed by atoms with Crippen molar-refractivity contribution in [1.29, 1.82) is 0 Å². The number of anilines is 1. The Bertz CT molecular complexity index is 420. The van der Waals surface area contributed by atoms with Crippen LogP contribution in [0.3, 0.4) is 0 Å². The first-order chi connectivity index (χ1) is 7.74. The number of hydrogen-bond donors (Lipinski definition) is 2. The zero-order chi connectivity index (χ0) is 11.5. The highest BCUT2D eigenvalue weighted by atomic mass is 127. The summed E-state index contributed by atoms with van der Waals surface area (Å²) in [5.74, 6) is 0.821. The Morgan fingerprint density at radius 1 is 1.75 bits per heavy atom. The number of aromatic amines is 1. The van der Waals surface area contributed by atoms with Crippen LogP contribution in [0.4, 0.5) is 5.82 Å². The summed E-state index contributed by atoms with van der Waals surface area (Å²) in [6.45, 7) is 1.92. The maximum absolute atomic E-state index is 11.5. The standard InChI is InChI=1S/C10H15IN4O/c1-12-5-7-3-2-4-15(7)9-8(11)10(16)14-6-13-9/h6-7,12H,2-5H2,1H3,(H,13,14,16). The minimum Gasteiger partial charge on any atom is -0.351 e. The van der Waals surface area contributed by atoms with Crippen molar-refractivity contribution in [2.45, 2.75) is 18.9 Å². The number of hydrogen-bond acceptors (Lipinski definition) is 4. The molecule has 0 aliphatic carbocycles. The molecule has 2 rings (SSSR count). The third-order valence-electron chi connectivity index (χ3n) is 2.87. The molecule has 5 nitrogen and oxygen atoms in total. The predicted molar refractivity (Wildman–Crippen MR) is 71.9 cm³/mol. The van der Waals surface area contributed by atoms with E-state index >= 15 is 0 Å². The Morgan fingerprint density at radius 2 is 2.56 bits per heavy atom. The summed E-state index contributed by atoms with van der Waals surface area (Å²) in [5, 5.41) is 3.19. The molecule has 1 aliphatic heterocycles. The molecule has 0 saturated carbocycles. The Labute approximate surface area is 108 Å². The second-order valence-corrected chi connectivity index (χ2v) is 5.00.